The van der Waals surface area contributed by atoms with Crippen molar-refractivity contribution in [2.75, 3.05) is 57.6 Å². The lowest BCUT2D eigenvalue weighted by molar-refractivity contribution is 0.414. The van der Waals surface area contributed by atoms with E-state index >= 15 is 0 Å². The molecule has 0 spiro atoms. The summed E-state index contributed by atoms with van der Waals surface area (Å²) in [6, 6.07) is 7.88. The first-order valence-corrected chi connectivity index (χ1v) is 11.9. The van der Waals surface area contributed by atoms with E-state index in [0.29, 0.717) is 25.6 Å². The quantitative estimate of drug-likeness (QED) is 0.513. The molecule has 1 fully saturated rings. The highest BCUT2D eigenvalue weighted by Gasteiger charge is 2.23. The molecule has 1 heterocycles. The summed E-state index contributed by atoms with van der Waals surface area (Å²) in [5, 5.41) is 3.23. The molecule has 2 rings (SSSR count). The molecule has 0 atom stereocenters. The summed E-state index contributed by atoms with van der Waals surface area (Å²) in [6.45, 7) is 4.86. The van der Waals surface area contributed by atoms with Crippen molar-refractivity contribution in [3.8, 4) is 5.75 Å². The van der Waals surface area contributed by atoms with Crippen LogP contribution < -0.4 is 10.1 Å². The van der Waals surface area contributed by atoms with Crippen LogP contribution in [0.25, 0.3) is 0 Å². The standard InChI is InChI=1S/C18H30N4O3S2/c1-4-19-18(21(2)15-16-5-7-17(25-3)8-6-16)20-9-14-27(23,24)22-10-12-26-13-11-22/h5-8H,4,9-15H2,1-3H3,(H,19,20). The molecule has 1 aromatic carbocycles. The predicted octanol–water partition coefficient (Wildman–Crippen LogP) is 1.47. The number of nitrogens with zero attached hydrogens (tertiary/aromatic N) is 3. The molecule has 0 radical (unpaired) electrons. The highest BCUT2D eigenvalue weighted by molar-refractivity contribution is 7.99. The van der Waals surface area contributed by atoms with Crippen LogP contribution in [0.15, 0.2) is 29.3 Å². The number of rotatable bonds is 8. The van der Waals surface area contributed by atoms with Crippen LogP contribution in [0.5, 0.6) is 5.75 Å². The summed E-state index contributed by atoms with van der Waals surface area (Å²) in [5.41, 5.74) is 1.13. The van der Waals surface area contributed by atoms with Gasteiger partial charge in [0.1, 0.15) is 5.75 Å². The number of methoxy groups -OCH3 is 1. The smallest absolute Gasteiger partial charge is 0.215 e. The summed E-state index contributed by atoms with van der Waals surface area (Å²) in [4.78, 5) is 6.51. The third-order valence-electron chi connectivity index (χ3n) is 4.25. The van der Waals surface area contributed by atoms with Crippen LogP contribution in [-0.4, -0.2) is 81.2 Å². The molecule has 1 aromatic rings. The van der Waals surface area contributed by atoms with E-state index in [0.717, 1.165) is 29.4 Å². The van der Waals surface area contributed by atoms with E-state index in [9.17, 15) is 8.42 Å². The van der Waals surface area contributed by atoms with Gasteiger partial charge >= 0.3 is 0 Å². The normalized spacial score (nSPS) is 16.2. The second-order valence-electron chi connectivity index (χ2n) is 6.27. The minimum Gasteiger partial charge on any atom is -0.497 e. The average Bonchev–Trinajstić information content (AvgIpc) is 2.68. The van der Waals surface area contributed by atoms with Gasteiger partial charge in [-0.15, -0.1) is 0 Å². The van der Waals surface area contributed by atoms with Crippen molar-refractivity contribution in [1.29, 1.82) is 0 Å². The summed E-state index contributed by atoms with van der Waals surface area (Å²) in [6.07, 6.45) is 0. The molecule has 0 amide bonds. The maximum absolute atomic E-state index is 12.4. The molecule has 1 saturated heterocycles. The van der Waals surface area contributed by atoms with Crippen molar-refractivity contribution in [2.45, 2.75) is 13.5 Å². The largest absolute Gasteiger partial charge is 0.497 e. The minimum atomic E-state index is -3.23. The molecule has 1 aliphatic rings. The Kier molecular flexibility index (Phi) is 8.72. The lowest BCUT2D eigenvalue weighted by Gasteiger charge is -2.25. The Morgan fingerprint density at radius 2 is 1.96 bits per heavy atom. The number of sulfonamides is 1. The first-order chi connectivity index (χ1) is 13.0. The van der Waals surface area contributed by atoms with Crippen molar-refractivity contribution in [3.63, 3.8) is 0 Å². The number of hydrogen-bond donors (Lipinski definition) is 1. The molecule has 0 unspecified atom stereocenters. The number of benzene rings is 1. The van der Waals surface area contributed by atoms with Crippen LogP contribution in [-0.2, 0) is 16.6 Å². The van der Waals surface area contributed by atoms with Crippen LogP contribution >= 0.6 is 11.8 Å². The average molecular weight is 415 g/mol. The number of thioether (sulfide) groups is 1. The summed E-state index contributed by atoms with van der Waals surface area (Å²) >= 11 is 1.80. The number of nitrogens with one attached hydrogen (secondary N) is 1. The zero-order valence-electron chi connectivity index (χ0n) is 16.3. The van der Waals surface area contributed by atoms with E-state index in [1.807, 2.05) is 43.1 Å². The van der Waals surface area contributed by atoms with E-state index in [1.54, 1.807) is 23.2 Å². The van der Waals surface area contributed by atoms with Gasteiger partial charge in [0.05, 0.1) is 19.4 Å². The number of guanidine groups is 1. The highest BCUT2D eigenvalue weighted by atomic mass is 32.2. The van der Waals surface area contributed by atoms with Gasteiger partial charge in [-0.1, -0.05) is 12.1 Å². The first kappa shape index (κ1) is 21.8. The fourth-order valence-electron chi connectivity index (χ4n) is 2.77. The van der Waals surface area contributed by atoms with Gasteiger partial charge in [-0.05, 0) is 24.6 Å². The lowest BCUT2D eigenvalue weighted by atomic mass is 10.2. The second-order valence-corrected chi connectivity index (χ2v) is 9.58. The zero-order valence-corrected chi connectivity index (χ0v) is 18.0. The van der Waals surface area contributed by atoms with E-state index in [1.165, 1.54) is 0 Å². The SMILES string of the molecule is CCNC(=NCCS(=O)(=O)N1CCSCC1)N(C)Cc1ccc(OC)cc1. The molecule has 0 aromatic heterocycles. The van der Waals surface area contributed by atoms with Gasteiger partial charge in [0, 0.05) is 44.7 Å². The Morgan fingerprint density at radius 3 is 2.56 bits per heavy atom. The van der Waals surface area contributed by atoms with Crippen molar-refractivity contribution in [1.82, 2.24) is 14.5 Å². The van der Waals surface area contributed by atoms with E-state index < -0.39 is 10.0 Å². The van der Waals surface area contributed by atoms with Crippen LogP contribution in [0.2, 0.25) is 0 Å². The third-order valence-corrected chi connectivity index (χ3v) is 7.04. The molecule has 152 valence electrons. The second kappa shape index (κ2) is 10.8. The first-order valence-electron chi connectivity index (χ1n) is 9.14. The zero-order chi connectivity index (χ0) is 19.7. The van der Waals surface area contributed by atoms with E-state index in [4.69, 9.17) is 4.74 Å². The summed E-state index contributed by atoms with van der Waals surface area (Å²) in [5.74, 6) is 3.31. The fraction of sp³-hybridized carbons (Fsp3) is 0.611. The van der Waals surface area contributed by atoms with Gasteiger partial charge in [-0.3, -0.25) is 4.99 Å². The maximum Gasteiger partial charge on any atom is 0.215 e. The third kappa shape index (κ3) is 6.90. The van der Waals surface area contributed by atoms with E-state index in [-0.39, 0.29) is 12.3 Å². The van der Waals surface area contributed by atoms with Crippen molar-refractivity contribution in [3.05, 3.63) is 29.8 Å². The Bertz CT molecular complexity index is 702. The van der Waals surface area contributed by atoms with Gasteiger partial charge in [-0.25, -0.2) is 12.7 Å². The number of ether oxygens (including phenoxy) is 1. The minimum absolute atomic E-state index is 0.0446. The maximum atomic E-state index is 12.4. The van der Waals surface area contributed by atoms with Crippen LogP contribution in [0.4, 0.5) is 0 Å². The van der Waals surface area contributed by atoms with Gasteiger partial charge in [0.25, 0.3) is 0 Å². The summed E-state index contributed by atoms with van der Waals surface area (Å²) < 4.78 is 31.7. The van der Waals surface area contributed by atoms with E-state index in [2.05, 4.69) is 10.3 Å². The topological polar surface area (TPSA) is 74.2 Å². The molecule has 0 bridgehead atoms. The predicted molar refractivity (Wildman–Crippen MR) is 113 cm³/mol. The molecule has 0 saturated carbocycles. The molecule has 1 aliphatic heterocycles. The summed E-state index contributed by atoms with van der Waals surface area (Å²) in [7, 11) is 0.360. The molecule has 7 nitrogen and oxygen atoms in total. The van der Waals surface area contributed by atoms with Gasteiger partial charge in [0.2, 0.25) is 10.0 Å². The number of aliphatic imine (C=N–C) groups is 1. The lowest BCUT2D eigenvalue weighted by Crippen LogP contribution is -2.41. The van der Waals surface area contributed by atoms with Gasteiger partial charge < -0.3 is 15.0 Å². The highest BCUT2D eigenvalue weighted by Crippen LogP contribution is 2.14. The molecule has 0 aliphatic carbocycles. The molecule has 1 N–H and O–H groups in total. The van der Waals surface area contributed by atoms with Crippen molar-refractivity contribution < 1.29 is 13.2 Å². The van der Waals surface area contributed by atoms with Gasteiger partial charge in [-0.2, -0.15) is 11.8 Å². The Hall–Kier alpha value is -1.45. The molecule has 9 heteroatoms. The monoisotopic (exact) mass is 414 g/mol. The van der Waals surface area contributed by atoms with Crippen LogP contribution in [0.3, 0.4) is 0 Å². The number of hydrogen-bond acceptors (Lipinski definition) is 5. The Morgan fingerprint density at radius 1 is 1.30 bits per heavy atom. The Labute approximate surface area is 167 Å². The molecular formula is C18H30N4O3S2. The van der Waals surface area contributed by atoms with Crippen LogP contribution in [0.1, 0.15) is 12.5 Å². The fourth-order valence-corrected chi connectivity index (χ4v) is 5.22. The molecule has 27 heavy (non-hydrogen) atoms. The Balaban J connectivity index is 1.95. The molecular weight excluding hydrogens is 384 g/mol. The van der Waals surface area contributed by atoms with Crippen molar-refractivity contribution >= 4 is 27.7 Å². The van der Waals surface area contributed by atoms with Gasteiger partial charge in [0.15, 0.2) is 5.96 Å². The van der Waals surface area contributed by atoms with Crippen molar-refractivity contribution in [2.24, 2.45) is 4.99 Å². The van der Waals surface area contributed by atoms with Crippen LogP contribution in [0, 0.1) is 0 Å².